The number of benzene rings is 2. The van der Waals surface area contributed by atoms with Crippen molar-refractivity contribution in [2.75, 3.05) is 13.2 Å². The first kappa shape index (κ1) is 23.0. The van der Waals surface area contributed by atoms with Gasteiger partial charge in [0.15, 0.2) is 6.04 Å². The van der Waals surface area contributed by atoms with E-state index < -0.39 is 36.7 Å². The van der Waals surface area contributed by atoms with Crippen molar-refractivity contribution in [2.45, 2.75) is 18.0 Å². The molecule has 0 saturated heterocycles. The topological polar surface area (TPSA) is 143 Å². The molecule has 2 amide bonds. The molecular weight excluding hydrogens is 440 g/mol. The average molecular weight is 464 g/mol. The van der Waals surface area contributed by atoms with Crippen molar-refractivity contribution in [1.29, 1.82) is 0 Å². The summed E-state index contributed by atoms with van der Waals surface area (Å²) in [6.07, 6.45) is 0.592. The van der Waals surface area contributed by atoms with Crippen molar-refractivity contribution >= 4 is 18.0 Å². The lowest BCUT2D eigenvalue weighted by Crippen LogP contribution is -2.49. The summed E-state index contributed by atoms with van der Waals surface area (Å²) in [4.78, 5) is 36.7. The minimum absolute atomic E-state index is 0.0496. The lowest BCUT2D eigenvalue weighted by Gasteiger charge is -2.21. The number of hydrogen-bond donors (Lipinski definition) is 4. The summed E-state index contributed by atoms with van der Waals surface area (Å²) in [7, 11) is 1.58. The van der Waals surface area contributed by atoms with Gasteiger partial charge in [-0.15, -0.1) is 0 Å². The summed E-state index contributed by atoms with van der Waals surface area (Å²) < 4.78 is 6.89. The molecule has 4 rings (SSSR count). The Morgan fingerprint density at radius 2 is 1.65 bits per heavy atom. The third kappa shape index (κ3) is 4.48. The van der Waals surface area contributed by atoms with Crippen LogP contribution < -0.4 is 10.6 Å². The molecule has 10 heteroatoms. The number of carbonyl (C=O) groups is 3. The monoisotopic (exact) mass is 464 g/mol. The van der Waals surface area contributed by atoms with Crippen molar-refractivity contribution in [3.63, 3.8) is 0 Å². The summed E-state index contributed by atoms with van der Waals surface area (Å²) >= 11 is 0. The molecule has 1 aliphatic rings. The molecule has 1 heterocycles. The van der Waals surface area contributed by atoms with Gasteiger partial charge in [-0.2, -0.15) is 5.10 Å². The van der Waals surface area contributed by atoms with Gasteiger partial charge in [0.1, 0.15) is 12.6 Å². The number of nitrogens with zero attached hydrogens (tertiary/aromatic N) is 2. The number of carboxylic acid groups (broad SMARTS) is 1. The van der Waals surface area contributed by atoms with Crippen LogP contribution in [0.15, 0.2) is 60.8 Å². The first-order valence-corrected chi connectivity index (χ1v) is 10.6. The van der Waals surface area contributed by atoms with E-state index in [9.17, 15) is 19.5 Å². The Hall–Kier alpha value is -4.18. The number of aliphatic hydroxyl groups excluding tert-OH is 1. The van der Waals surface area contributed by atoms with Crippen molar-refractivity contribution in [2.24, 2.45) is 7.05 Å². The van der Waals surface area contributed by atoms with Crippen molar-refractivity contribution < 1.29 is 29.3 Å². The summed E-state index contributed by atoms with van der Waals surface area (Å²) in [6, 6.07) is 14.5. The number of ether oxygens (including phenoxy) is 1. The van der Waals surface area contributed by atoms with Gasteiger partial charge >= 0.3 is 12.1 Å². The number of fused-ring (bicyclic) bond motifs is 3. The smallest absolute Gasteiger partial charge is 0.408 e. The molecule has 1 aliphatic carbocycles. The van der Waals surface area contributed by atoms with Crippen LogP contribution in [0.25, 0.3) is 11.1 Å². The highest BCUT2D eigenvalue weighted by Gasteiger charge is 2.32. The van der Waals surface area contributed by atoms with Crippen molar-refractivity contribution in [3.8, 4) is 11.1 Å². The summed E-state index contributed by atoms with van der Waals surface area (Å²) in [5.74, 6) is -2.38. The maximum Gasteiger partial charge on any atom is 0.408 e. The van der Waals surface area contributed by atoms with Gasteiger partial charge in [-0.1, -0.05) is 48.5 Å². The maximum absolute atomic E-state index is 12.8. The lowest BCUT2D eigenvalue weighted by molar-refractivity contribution is -0.143. The highest BCUT2D eigenvalue weighted by molar-refractivity contribution is 5.90. The summed E-state index contributed by atoms with van der Waals surface area (Å²) in [5, 5.41) is 27.1. The fourth-order valence-electron chi connectivity index (χ4n) is 4.14. The molecule has 0 bridgehead atoms. The van der Waals surface area contributed by atoms with Gasteiger partial charge in [0.2, 0.25) is 5.91 Å². The average Bonchev–Trinajstić information content (AvgIpc) is 3.40. The largest absolute Gasteiger partial charge is 0.480 e. The number of alkyl carbamates (subject to hydrolysis) is 1. The molecule has 2 atom stereocenters. The summed E-state index contributed by atoms with van der Waals surface area (Å²) in [5.41, 5.74) is 4.58. The first-order valence-electron chi connectivity index (χ1n) is 10.6. The molecule has 2 aromatic carbocycles. The second kappa shape index (κ2) is 9.75. The van der Waals surface area contributed by atoms with Gasteiger partial charge in [-0.3, -0.25) is 9.48 Å². The fourth-order valence-corrected chi connectivity index (χ4v) is 4.14. The van der Waals surface area contributed by atoms with Crippen LogP contribution in [0.5, 0.6) is 0 Å². The van der Waals surface area contributed by atoms with E-state index in [2.05, 4.69) is 15.7 Å². The Balaban J connectivity index is 1.49. The van der Waals surface area contributed by atoms with E-state index >= 15 is 0 Å². The Kier molecular flexibility index (Phi) is 6.60. The van der Waals surface area contributed by atoms with E-state index in [1.807, 2.05) is 48.5 Å². The van der Waals surface area contributed by atoms with Crippen LogP contribution in [0.4, 0.5) is 4.79 Å². The first-order chi connectivity index (χ1) is 16.4. The quantitative estimate of drug-likeness (QED) is 0.396. The number of carboxylic acids is 1. The van der Waals surface area contributed by atoms with Crippen molar-refractivity contribution in [1.82, 2.24) is 20.4 Å². The molecule has 34 heavy (non-hydrogen) atoms. The number of carbonyl (C=O) groups excluding carboxylic acids is 2. The fraction of sp³-hybridized carbons (Fsp3) is 0.250. The molecule has 0 fully saturated rings. The lowest BCUT2D eigenvalue weighted by atomic mass is 9.98. The highest BCUT2D eigenvalue weighted by Crippen LogP contribution is 2.44. The van der Waals surface area contributed by atoms with Gasteiger partial charge in [-0.05, 0) is 28.3 Å². The van der Waals surface area contributed by atoms with E-state index in [0.717, 1.165) is 22.3 Å². The van der Waals surface area contributed by atoms with Crippen LogP contribution in [0.1, 0.15) is 28.8 Å². The molecule has 176 valence electrons. The Morgan fingerprint density at radius 3 is 2.18 bits per heavy atom. The number of amides is 2. The second-order valence-corrected chi connectivity index (χ2v) is 7.86. The molecular formula is C24H24N4O6. The highest BCUT2D eigenvalue weighted by atomic mass is 16.5. The zero-order valence-corrected chi connectivity index (χ0v) is 18.3. The Labute approximate surface area is 195 Å². The van der Waals surface area contributed by atoms with Crippen LogP contribution in [-0.4, -0.2) is 57.2 Å². The normalized spacial score (nSPS) is 13.9. The number of rotatable bonds is 8. The van der Waals surface area contributed by atoms with E-state index in [4.69, 9.17) is 9.84 Å². The van der Waals surface area contributed by atoms with E-state index in [1.165, 1.54) is 16.9 Å². The van der Waals surface area contributed by atoms with Gasteiger partial charge in [-0.25, -0.2) is 9.59 Å². The third-order valence-corrected chi connectivity index (χ3v) is 5.82. The maximum atomic E-state index is 12.8. The third-order valence-electron chi connectivity index (χ3n) is 5.82. The predicted molar refractivity (Wildman–Crippen MR) is 121 cm³/mol. The Bertz CT molecular complexity index is 1180. The Morgan fingerprint density at radius 1 is 1.03 bits per heavy atom. The molecule has 4 N–H and O–H groups in total. The van der Waals surface area contributed by atoms with Gasteiger partial charge in [0, 0.05) is 19.2 Å². The molecule has 10 nitrogen and oxygen atoms in total. The summed E-state index contributed by atoms with van der Waals surface area (Å²) in [6.45, 7) is -0.752. The predicted octanol–water partition coefficient (Wildman–Crippen LogP) is 1.56. The molecule has 3 aromatic rings. The number of hydrogen-bond acceptors (Lipinski definition) is 6. The minimum Gasteiger partial charge on any atom is -0.480 e. The molecule has 2 unspecified atom stereocenters. The number of aliphatic hydroxyl groups is 1. The van der Waals surface area contributed by atoms with Gasteiger partial charge < -0.3 is 25.6 Å². The van der Waals surface area contributed by atoms with Gasteiger partial charge in [0.05, 0.1) is 12.3 Å². The molecule has 0 aliphatic heterocycles. The molecule has 1 aromatic heterocycles. The van der Waals surface area contributed by atoms with E-state index in [1.54, 1.807) is 7.05 Å². The van der Waals surface area contributed by atoms with Crippen LogP contribution >= 0.6 is 0 Å². The van der Waals surface area contributed by atoms with Gasteiger partial charge in [0.25, 0.3) is 0 Å². The van der Waals surface area contributed by atoms with Crippen molar-refractivity contribution in [3.05, 3.63) is 77.6 Å². The standard InChI is InChI=1S/C24H24N4O6/c1-28-20(10-11-25-28)21(22(30)26-19(12-29)23(31)32)27-24(33)34-13-18-16-8-4-2-6-14(16)15-7-3-5-9-17(15)18/h2-11,18-19,21,29H,12-13H2,1H3,(H,26,30)(H,27,33)(H,31,32). The molecule has 0 spiro atoms. The SMILES string of the molecule is Cn1nccc1C(NC(=O)OCC1c2ccccc2-c2ccccc21)C(=O)NC(CO)C(=O)O. The van der Waals surface area contributed by atoms with Crippen LogP contribution in [-0.2, 0) is 21.4 Å². The second-order valence-electron chi connectivity index (χ2n) is 7.86. The number of aromatic nitrogens is 2. The number of aliphatic carboxylic acids is 1. The molecule has 0 saturated carbocycles. The van der Waals surface area contributed by atoms with E-state index in [-0.39, 0.29) is 12.5 Å². The zero-order chi connectivity index (χ0) is 24.2. The van der Waals surface area contributed by atoms with E-state index in [0.29, 0.717) is 5.69 Å². The zero-order valence-electron chi connectivity index (χ0n) is 18.3. The molecule has 0 radical (unpaired) electrons. The minimum atomic E-state index is -1.52. The van der Waals surface area contributed by atoms with Crippen LogP contribution in [0.2, 0.25) is 0 Å². The van der Waals surface area contributed by atoms with Crippen LogP contribution in [0, 0.1) is 0 Å². The van der Waals surface area contributed by atoms with Crippen LogP contribution in [0.3, 0.4) is 0 Å². The number of aryl methyl sites for hydroxylation is 1. The number of nitrogens with one attached hydrogen (secondary N) is 2.